The van der Waals surface area contributed by atoms with E-state index >= 15 is 0 Å². The summed E-state index contributed by atoms with van der Waals surface area (Å²) in [5.41, 5.74) is 1.79. The summed E-state index contributed by atoms with van der Waals surface area (Å²) in [7, 11) is 1.83. The molecule has 20 heavy (non-hydrogen) atoms. The quantitative estimate of drug-likeness (QED) is 0.836. The molecule has 2 aromatic heterocycles. The molecule has 0 saturated carbocycles. The van der Waals surface area contributed by atoms with Crippen LogP contribution in [0.5, 0.6) is 0 Å². The number of piperidine rings is 1. The van der Waals surface area contributed by atoms with E-state index in [0.29, 0.717) is 11.6 Å². The Balaban J connectivity index is 1.74. The Morgan fingerprint density at radius 2 is 2.10 bits per heavy atom. The number of likely N-dealkylation sites (tertiary alicyclic amines) is 1. The second kappa shape index (κ2) is 5.45. The highest BCUT2D eigenvalue weighted by molar-refractivity contribution is 5.92. The Hall–Kier alpha value is -2.17. The van der Waals surface area contributed by atoms with Crippen molar-refractivity contribution in [1.29, 1.82) is 0 Å². The van der Waals surface area contributed by atoms with Crippen LogP contribution in [0.2, 0.25) is 0 Å². The van der Waals surface area contributed by atoms with Crippen LogP contribution in [0.4, 0.5) is 0 Å². The zero-order valence-corrected chi connectivity index (χ0v) is 11.6. The zero-order chi connectivity index (χ0) is 13.9. The molecular weight excluding hydrogens is 252 g/mol. The van der Waals surface area contributed by atoms with Crippen molar-refractivity contribution in [3.8, 4) is 0 Å². The van der Waals surface area contributed by atoms with Gasteiger partial charge in [0.1, 0.15) is 5.69 Å². The zero-order valence-electron chi connectivity index (χ0n) is 11.6. The number of nitrogens with zero attached hydrogens (tertiary/aromatic N) is 4. The lowest BCUT2D eigenvalue weighted by atomic mass is 9.91. The minimum Gasteiger partial charge on any atom is -0.337 e. The number of pyridine rings is 1. The fraction of sp³-hybridized carbons (Fsp3) is 0.400. The van der Waals surface area contributed by atoms with E-state index < -0.39 is 0 Å². The summed E-state index contributed by atoms with van der Waals surface area (Å²) in [6.07, 6.45) is 7.59. The Bertz CT molecular complexity index is 593. The normalized spacial score (nSPS) is 19.1. The van der Waals surface area contributed by atoms with Gasteiger partial charge in [-0.2, -0.15) is 5.10 Å². The van der Waals surface area contributed by atoms with Crippen molar-refractivity contribution in [3.05, 3.63) is 48.0 Å². The molecule has 2 aromatic rings. The van der Waals surface area contributed by atoms with E-state index in [0.717, 1.165) is 25.9 Å². The molecule has 3 rings (SSSR count). The van der Waals surface area contributed by atoms with Crippen molar-refractivity contribution in [2.24, 2.45) is 7.05 Å². The smallest absolute Gasteiger partial charge is 0.274 e. The standard InChI is InChI=1S/C15H18N4O/c1-18-10-6-14(17-18)15(20)19-9-2-3-13(11-19)12-4-7-16-8-5-12/h4-8,10,13H,2-3,9,11H2,1H3. The molecule has 3 heterocycles. The van der Waals surface area contributed by atoms with Gasteiger partial charge in [-0.1, -0.05) is 0 Å². The van der Waals surface area contributed by atoms with Crippen molar-refractivity contribution in [1.82, 2.24) is 19.7 Å². The van der Waals surface area contributed by atoms with E-state index in [1.165, 1.54) is 5.56 Å². The highest BCUT2D eigenvalue weighted by Crippen LogP contribution is 2.27. The third-order valence-corrected chi connectivity index (χ3v) is 3.82. The number of aryl methyl sites for hydroxylation is 1. The molecule has 1 unspecified atom stereocenters. The van der Waals surface area contributed by atoms with Gasteiger partial charge in [-0.3, -0.25) is 14.5 Å². The van der Waals surface area contributed by atoms with Crippen LogP contribution in [-0.4, -0.2) is 38.7 Å². The van der Waals surface area contributed by atoms with Gasteiger partial charge in [-0.15, -0.1) is 0 Å². The third-order valence-electron chi connectivity index (χ3n) is 3.82. The van der Waals surface area contributed by atoms with Gasteiger partial charge in [-0.05, 0) is 36.6 Å². The molecule has 0 aromatic carbocycles. The van der Waals surface area contributed by atoms with Gasteiger partial charge in [0.25, 0.3) is 5.91 Å². The predicted octanol–water partition coefficient (Wildman–Crippen LogP) is 1.83. The maximum absolute atomic E-state index is 12.4. The van der Waals surface area contributed by atoms with Crippen LogP contribution in [0.25, 0.3) is 0 Å². The Morgan fingerprint density at radius 1 is 1.30 bits per heavy atom. The lowest BCUT2D eigenvalue weighted by Crippen LogP contribution is -2.39. The summed E-state index contributed by atoms with van der Waals surface area (Å²) in [4.78, 5) is 18.4. The second-order valence-corrected chi connectivity index (χ2v) is 5.25. The molecule has 5 heteroatoms. The number of hydrogen-bond donors (Lipinski definition) is 0. The largest absolute Gasteiger partial charge is 0.337 e. The van der Waals surface area contributed by atoms with Crippen LogP contribution < -0.4 is 0 Å². The molecule has 1 aliphatic heterocycles. The SMILES string of the molecule is Cn1ccc(C(=O)N2CCCC(c3ccncc3)C2)n1. The molecule has 1 saturated heterocycles. The first-order valence-electron chi connectivity index (χ1n) is 6.93. The Kier molecular flexibility index (Phi) is 3.50. The minimum atomic E-state index is 0.0318. The summed E-state index contributed by atoms with van der Waals surface area (Å²) < 4.78 is 1.66. The van der Waals surface area contributed by atoms with Crippen molar-refractivity contribution in [2.45, 2.75) is 18.8 Å². The van der Waals surface area contributed by atoms with E-state index in [9.17, 15) is 4.79 Å². The molecule has 0 bridgehead atoms. The minimum absolute atomic E-state index is 0.0318. The first kappa shape index (κ1) is 12.8. The number of hydrogen-bond acceptors (Lipinski definition) is 3. The van der Waals surface area contributed by atoms with Gasteiger partial charge in [0.05, 0.1) is 0 Å². The molecule has 0 radical (unpaired) electrons. The van der Waals surface area contributed by atoms with Crippen molar-refractivity contribution < 1.29 is 4.79 Å². The number of aromatic nitrogens is 3. The average Bonchev–Trinajstić information content (AvgIpc) is 2.94. The maximum atomic E-state index is 12.4. The van der Waals surface area contributed by atoms with Crippen LogP contribution >= 0.6 is 0 Å². The van der Waals surface area contributed by atoms with Gasteiger partial charge in [0, 0.05) is 44.6 Å². The summed E-state index contributed by atoms with van der Waals surface area (Å²) in [6, 6.07) is 5.86. The lowest BCUT2D eigenvalue weighted by molar-refractivity contribution is 0.0700. The molecule has 104 valence electrons. The predicted molar refractivity (Wildman–Crippen MR) is 75.3 cm³/mol. The highest BCUT2D eigenvalue weighted by atomic mass is 16.2. The summed E-state index contributed by atoms with van der Waals surface area (Å²) >= 11 is 0. The summed E-state index contributed by atoms with van der Waals surface area (Å²) in [5, 5.41) is 4.20. The van der Waals surface area contributed by atoms with Gasteiger partial charge in [-0.25, -0.2) is 0 Å². The van der Waals surface area contributed by atoms with E-state index in [1.54, 1.807) is 16.9 Å². The number of carbonyl (C=O) groups excluding carboxylic acids is 1. The molecule has 0 aliphatic carbocycles. The fourth-order valence-electron chi connectivity index (χ4n) is 2.76. The van der Waals surface area contributed by atoms with Crippen LogP contribution in [0.1, 0.15) is 34.8 Å². The summed E-state index contributed by atoms with van der Waals surface area (Å²) in [5.74, 6) is 0.434. The number of amides is 1. The van der Waals surface area contributed by atoms with Gasteiger partial charge in [0.15, 0.2) is 0 Å². The van der Waals surface area contributed by atoms with Crippen molar-refractivity contribution in [3.63, 3.8) is 0 Å². The maximum Gasteiger partial charge on any atom is 0.274 e. The van der Waals surface area contributed by atoms with Crippen molar-refractivity contribution >= 4 is 5.91 Å². The van der Waals surface area contributed by atoms with Crippen LogP contribution in [0.15, 0.2) is 36.8 Å². The topological polar surface area (TPSA) is 51.0 Å². The first-order chi connectivity index (χ1) is 9.74. The molecule has 5 nitrogen and oxygen atoms in total. The Labute approximate surface area is 118 Å². The van der Waals surface area contributed by atoms with E-state index in [1.807, 2.05) is 36.5 Å². The van der Waals surface area contributed by atoms with Gasteiger partial charge in [0.2, 0.25) is 0 Å². The van der Waals surface area contributed by atoms with Gasteiger partial charge >= 0.3 is 0 Å². The fourth-order valence-corrected chi connectivity index (χ4v) is 2.76. The van der Waals surface area contributed by atoms with E-state index in [2.05, 4.69) is 10.1 Å². The second-order valence-electron chi connectivity index (χ2n) is 5.25. The van der Waals surface area contributed by atoms with Crippen LogP contribution in [0, 0.1) is 0 Å². The average molecular weight is 270 g/mol. The number of carbonyl (C=O) groups is 1. The van der Waals surface area contributed by atoms with E-state index in [-0.39, 0.29) is 5.91 Å². The van der Waals surface area contributed by atoms with Crippen LogP contribution in [-0.2, 0) is 7.05 Å². The molecular formula is C15H18N4O. The molecule has 1 aliphatic rings. The van der Waals surface area contributed by atoms with E-state index in [4.69, 9.17) is 0 Å². The third kappa shape index (κ3) is 2.57. The molecule has 1 fully saturated rings. The first-order valence-corrected chi connectivity index (χ1v) is 6.93. The monoisotopic (exact) mass is 270 g/mol. The summed E-state index contributed by atoms with van der Waals surface area (Å²) in [6.45, 7) is 1.58. The molecule has 1 amide bonds. The van der Waals surface area contributed by atoms with Gasteiger partial charge < -0.3 is 4.90 Å². The Morgan fingerprint density at radius 3 is 2.80 bits per heavy atom. The number of rotatable bonds is 2. The van der Waals surface area contributed by atoms with Crippen molar-refractivity contribution in [2.75, 3.05) is 13.1 Å². The molecule has 1 atom stereocenters. The molecule has 0 N–H and O–H groups in total. The highest BCUT2D eigenvalue weighted by Gasteiger charge is 2.26. The molecule has 0 spiro atoms. The lowest BCUT2D eigenvalue weighted by Gasteiger charge is -2.32. The van der Waals surface area contributed by atoms with Crippen LogP contribution in [0.3, 0.4) is 0 Å².